The van der Waals surface area contributed by atoms with Gasteiger partial charge in [-0.05, 0) is 6.08 Å². The molecule has 0 bridgehead atoms. The van der Waals surface area contributed by atoms with E-state index in [0.29, 0.717) is 5.75 Å². The highest BCUT2D eigenvalue weighted by atomic mass is 33.1. The van der Waals surface area contributed by atoms with Crippen molar-refractivity contribution in [1.29, 1.82) is 0 Å². The van der Waals surface area contributed by atoms with Gasteiger partial charge in [-0.2, -0.15) is 0 Å². The third-order valence-corrected chi connectivity index (χ3v) is 3.95. The van der Waals surface area contributed by atoms with E-state index < -0.39 is 15.2 Å². The molecule has 0 saturated carbocycles. The van der Waals surface area contributed by atoms with E-state index in [1.54, 1.807) is 5.41 Å². The van der Waals surface area contributed by atoms with Gasteiger partial charge in [-0.3, -0.25) is 0 Å². The Morgan fingerprint density at radius 1 is 1.88 bits per heavy atom. The SMILES string of the molecule is O=C([O-])[S+]1CC=CS1. The highest BCUT2D eigenvalue weighted by Crippen LogP contribution is 2.23. The summed E-state index contributed by atoms with van der Waals surface area (Å²) in [6.07, 6.45) is 1.85. The number of carbonyl (C=O) groups excluding carboxylic acids is 1. The zero-order valence-corrected chi connectivity index (χ0v) is 5.63. The molecular weight excluding hydrogens is 144 g/mol. The second-order valence-corrected chi connectivity index (χ2v) is 4.84. The van der Waals surface area contributed by atoms with Gasteiger partial charge >= 0.3 is 0 Å². The Morgan fingerprint density at radius 3 is 2.88 bits per heavy atom. The molecule has 0 amide bonds. The summed E-state index contributed by atoms with van der Waals surface area (Å²) in [5.74, 6) is 0.646. The zero-order valence-electron chi connectivity index (χ0n) is 3.99. The Labute approximate surface area is 53.7 Å². The van der Waals surface area contributed by atoms with Crippen molar-refractivity contribution in [3.05, 3.63) is 11.5 Å². The van der Waals surface area contributed by atoms with Crippen LogP contribution in [0.1, 0.15) is 0 Å². The van der Waals surface area contributed by atoms with Crippen LogP contribution in [0.4, 0.5) is 4.79 Å². The topological polar surface area (TPSA) is 40.1 Å². The van der Waals surface area contributed by atoms with Crippen LogP contribution < -0.4 is 5.11 Å². The predicted molar refractivity (Wildman–Crippen MR) is 34.4 cm³/mol. The second kappa shape index (κ2) is 2.46. The third-order valence-electron chi connectivity index (χ3n) is 0.701. The quantitative estimate of drug-likeness (QED) is 0.362. The van der Waals surface area contributed by atoms with E-state index in [4.69, 9.17) is 0 Å². The molecule has 0 aliphatic carbocycles. The lowest BCUT2D eigenvalue weighted by Crippen LogP contribution is -2.27. The Balaban J connectivity index is 2.41. The van der Waals surface area contributed by atoms with Crippen LogP contribution in [0.2, 0.25) is 0 Å². The van der Waals surface area contributed by atoms with Gasteiger partial charge in [0.2, 0.25) is 0 Å². The number of carboxylic acid groups (broad SMARTS) is 1. The molecule has 1 atom stereocenters. The van der Waals surface area contributed by atoms with Crippen LogP contribution in [-0.2, 0) is 9.93 Å². The number of carbonyl (C=O) groups is 1. The van der Waals surface area contributed by atoms with Crippen LogP contribution in [0.5, 0.6) is 0 Å². The van der Waals surface area contributed by atoms with E-state index in [1.165, 1.54) is 10.8 Å². The van der Waals surface area contributed by atoms with Crippen molar-refractivity contribution in [3.8, 4) is 0 Å². The molecule has 1 aliphatic rings. The van der Waals surface area contributed by atoms with E-state index >= 15 is 0 Å². The highest BCUT2D eigenvalue weighted by Gasteiger charge is 2.23. The lowest BCUT2D eigenvalue weighted by atomic mass is 10.8. The minimum Gasteiger partial charge on any atom is -0.503 e. The minimum atomic E-state index is -0.931. The van der Waals surface area contributed by atoms with E-state index in [-0.39, 0.29) is 0 Å². The Kier molecular flexibility index (Phi) is 1.85. The van der Waals surface area contributed by atoms with Gasteiger partial charge < -0.3 is 9.90 Å². The molecule has 0 fully saturated rings. The lowest BCUT2D eigenvalue weighted by molar-refractivity contribution is -0.232. The molecule has 0 aromatic carbocycles. The minimum absolute atomic E-state index is 0.568. The van der Waals surface area contributed by atoms with Crippen molar-refractivity contribution in [3.63, 3.8) is 0 Å². The van der Waals surface area contributed by atoms with Crippen molar-refractivity contribution in [2.45, 2.75) is 0 Å². The second-order valence-electron chi connectivity index (χ2n) is 1.23. The summed E-state index contributed by atoms with van der Waals surface area (Å²) in [6.45, 7) is 0. The number of rotatable bonds is 0. The summed E-state index contributed by atoms with van der Waals surface area (Å²) in [5, 5.41) is 10.9. The molecule has 0 saturated heterocycles. The molecule has 44 valence electrons. The van der Waals surface area contributed by atoms with Gasteiger partial charge in [-0.1, -0.05) is 0 Å². The average Bonchev–Trinajstić information content (AvgIpc) is 2.12. The maximum Gasteiger partial charge on any atom is 0.287 e. The molecule has 0 radical (unpaired) electrons. The predicted octanol–water partition coefficient (Wildman–Crippen LogP) is 0.124. The first kappa shape index (κ1) is 6.04. The summed E-state index contributed by atoms with van der Waals surface area (Å²) in [5.41, 5.74) is 0. The van der Waals surface area contributed by atoms with Gasteiger partial charge in [0.1, 0.15) is 26.5 Å². The van der Waals surface area contributed by atoms with Crippen molar-refractivity contribution < 1.29 is 9.90 Å². The molecule has 2 nitrogen and oxygen atoms in total. The van der Waals surface area contributed by atoms with E-state index in [2.05, 4.69) is 0 Å². The van der Waals surface area contributed by atoms with Gasteiger partial charge in [0, 0.05) is 5.41 Å². The molecule has 0 spiro atoms. The first-order valence-electron chi connectivity index (χ1n) is 2.04. The smallest absolute Gasteiger partial charge is 0.287 e. The summed E-state index contributed by atoms with van der Waals surface area (Å²) in [4.78, 5) is 10.0. The molecule has 1 aliphatic heterocycles. The molecule has 8 heavy (non-hydrogen) atoms. The van der Waals surface area contributed by atoms with E-state index in [1.807, 2.05) is 6.08 Å². The number of hydrogen-bond acceptors (Lipinski definition) is 3. The van der Waals surface area contributed by atoms with Crippen LogP contribution in [0, 0.1) is 0 Å². The molecular formula is C4H4O2S2. The largest absolute Gasteiger partial charge is 0.503 e. The van der Waals surface area contributed by atoms with Gasteiger partial charge in [-0.15, -0.1) is 0 Å². The molecule has 1 unspecified atom stereocenters. The normalized spacial score (nSPS) is 26.2. The van der Waals surface area contributed by atoms with E-state index in [9.17, 15) is 9.90 Å². The fourth-order valence-corrected chi connectivity index (χ4v) is 2.72. The van der Waals surface area contributed by atoms with Crippen LogP contribution in [0.15, 0.2) is 11.5 Å². The van der Waals surface area contributed by atoms with Crippen molar-refractivity contribution in [2.75, 3.05) is 5.75 Å². The average molecular weight is 148 g/mol. The van der Waals surface area contributed by atoms with Gasteiger partial charge in [0.25, 0.3) is 5.30 Å². The lowest BCUT2D eigenvalue weighted by Gasteiger charge is -1.93. The zero-order chi connectivity index (χ0) is 5.98. The molecule has 0 aromatic heterocycles. The summed E-state index contributed by atoms with van der Waals surface area (Å²) >= 11 is 0. The molecule has 0 N–H and O–H groups in total. The monoisotopic (exact) mass is 148 g/mol. The first-order chi connectivity index (χ1) is 3.80. The number of hydrogen-bond donors (Lipinski definition) is 0. The first-order valence-corrected chi connectivity index (χ1v) is 4.84. The third kappa shape index (κ3) is 1.20. The Bertz CT molecular complexity index is 124. The molecule has 4 heteroatoms. The fraction of sp³-hybridized carbons (Fsp3) is 0.250. The molecule has 1 heterocycles. The maximum absolute atomic E-state index is 10.0. The van der Waals surface area contributed by atoms with Gasteiger partial charge in [0.15, 0.2) is 0 Å². The fourth-order valence-electron chi connectivity index (χ4n) is 0.380. The summed E-state index contributed by atoms with van der Waals surface area (Å²) in [7, 11) is 0.768. The van der Waals surface area contributed by atoms with Crippen molar-refractivity contribution in [1.82, 2.24) is 0 Å². The standard InChI is InChI=1S/C4H4O2S2/c5-4(6)8-3-1-2-7-8/h1-2H,3H2. The Hall–Kier alpha value is -0.0900. The van der Waals surface area contributed by atoms with Crippen LogP contribution >= 0.6 is 10.8 Å². The van der Waals surface area contributed by atoms with Crippen molar-refractivity contribution in [2.24, 2.45) is 0 Å². The Morgan fingerprint density at radius 2 is 2.62 bits per heavy atom. The molecule has 1 rings (SSSR count). The highest BCUT2D eigenvalue weighted by molar-refractivity contribution is 8.80. The summed E-state index contributed by atoms with van der Waals surface area (Å²) < 4.78 is 0. The van der Waals surface area contributed by atoms with Gasteiger partial charge in [0.05, 0.1) is 0 Å². The van der Waals surface area contributed by atoms with Gasteiger partial charge in [-0.25, -0.2) is 0 Å². The maximum atomic E-state index is 10.0. The summed E-state index contributed by atoms with van der Waals surface area (Å²) in [6, 6.07) is 0. The van der Waals surface area contributed by atoms with Crippen LogP contribution in [-0.4, -0.2) is 11.1 Å². The molecule has 0 aromatic rings. The van der Waals surface area contributed by atoms with Crippen molar-refractivity contribution >= 4 is 26.0 Å². The van der Waals surface area contributed by atoms with Crippen LogP contribution in [0.3, 0.4) is 0 Å². The van der Waals surface area contributed by atoms with E-state index in [0.717, 1.165) is 0 Å². The van der Waals surface area contributed by atoms with Crippen LogP contribution in [0.25, 0.3) is 0 Å².